The molecule has 0 bridgehead atoms. The fourth-order valence-corrected chi connectivity index (χ4v) is 2.25. The SMILES string of the molecule is COc1cccc2c(C)cc(-c3ccccc3)[o+]c12. The summed E-state index contributed by atoms with van der Waals surface area (Å²) in [6, 6.07) is 18.1. The van der Waals surface area contributed by atoms with Crippen molar-refractivity contribution in [3.8, 4) is 17.1 Å². The van der Waals surface area contributed by atoms with Crippen LogP contribution in [0.25, 0.3) is 22.3 Å². The van der Waals surface area contributed by atoms with E-state index in [1.807, 2.05) is 48.5 Å². The Morgan fingerprint density at radius 2 is 1.74 bits per heavy atom. The van der Waals surface area contributed by atoms with Gasteiger partial charge in [-0.3, -0.25) is 0 Å². The standard InChI is InChI=1S/C17H15O2/c1-12-11-16(13-7-4-3-5-8-13)19-17-14(12)9-6-10-15(17)18-2/h3-11H,1-2H3/q+1. The van der Waals surface area contributed by atoms with E-state index in [1.54, 1.807) is 7.11 Å². The molecule has 0 N–H and O–H groups in total. The summed E-state index contributed by atoms with van der Waals surface area (Å²) >= 11 is 0. The lowest BCUT2D eigenvalue weighted by Gasteiger charge is -2.00. The minimum absolute atomic E-state index is 0.762. The maximum atomic E-state index is 6.03. The fourth-order valence-electron chi connectivity index (χ4n) is 2.25. The summed E-state index contributed by atoms with van der Waals surface area (Å²) in [6.07, 6.45) is 0. The second kappa shape index (κ2) is 4.73. The van der Waals surface area contributed by atoms with Crippen LogP contribution in [-0.2, 0) is 0 Å². The third kappa shape index (κ3) is 2.06. The van der Waals surface area contributed by atoms with Gasteiger partial charge in [-0.2, -0.15) is 0 Å². The van der Waals surface area contributed by atoms with Crippen LogP contribution in [0.15, 0.2) is 59.0 Å². The van der Waals surface area contributed by atoms with Crippen LogP contribution >= 0.6 is 0 Å². The van der Waals surface area contributed by atoms with Crippen molar-refractivity contribution >= 4 is 11.0 Å². The first kappa shape index (κ1) is 11.7. The maximum absolute atomic E-state index is 6.03. The Kier molecular flexibility index (Phi) is 2.92. The van der Waals surface area contributed by atoms with Crippen LogP contribution in [0.3, 0.4) is 0 Å². The van der Waals surface area contributed by atoms with E-state index in [4.69, 9.17) is 9.15 Å². The highest BCUT2D eigenvalue weighted by Gasteiger charge is 2.20. The Labute approximate surface area is 112 Å². The first-order valence-corrected chi connectivity index (χ1v) is 6.25. The molecule has 3 rings (SSSR count). The molecule has 3 aromatic rings. The van der Waals surface area contributed by atoms with Crippen molar-refractivity contribution in [3.63, 3.8) is 0 Å². The largest absolute Gasteiger partial charge is 0.488 e. The lowest BCUT2D eigenvalue weighted by Crippen LogP contribution is -1.88. The highest BCUT2D eigenvalue weighted by atomic mass is 16.5. The Morgan fingerprint density at radius 1 is 0.947 bits per heavy atom. The predicted molar refractivity (Wildman–Crippen MR) is 77.3 cm³/mol. The summed E-state index contributed by atoms with van der Waals surface area (Å²) < 4.78 is 11.4. The maximum Gasteiger partial charge on any atom is 0.402 e. The highest BCUT2D eigenvalue weighted by molar-refractivity contribution is 5.87. The van der Waals surface area contributed by atoms with Crippen LogP contribution in [0.5, 0.6) is 5.75 Å². The number of para-hydroxylation sites is 1. The zero-order chi connectivity index (χ0) is 13.2. The third-order valence-electron chi connectivity index (χ3n) is 3.24. The van der Waals surface area contributed by atoms with E-state index >= 15 is 0 Å². The molecule has 1 aromatic heterocycles. The van der Waals surface area contributed by atoms with E-state index < -0.39 is 0 Å². The highest BCUT2D eigenvalue weighted by Crippen LogP contribution is 2.32. The molecule has 2 heteroatoms. The molecule has 0 unspecified atom stereocenters. The van der Waals surface area contributed by atoms with Crippen LogP contribution in [0.4, 0.5) is 0 Å². The summed E-state index contributed by atoms with van der Waals surface area (Å²) in [4.78, 5) is 0. The second-order valence-electron chi connectivity index (χ2n) is 4.50. The minimum atomic E-state index is 0.762. The van der Waals surface area contributed by atoms with Gasteiger partial charge in [-0.05, 0) is 36.8 Å². The second-order valence-corrected chi connectivity index (χ2v) is 4.50. The summed E-state index contributed by atoms with van der Waals surface area (Å²) in [7, 11) is 1.66. The molecule has 0 fully saturated rings. The molecule has 0 radical (unpaired) electrons. The molecular formula is C17H15O2+. The van der Waals surface area contributed by atoms with Crippen LogP contribution in [0, 0.1) is 6.92 Å². The number of fused-ring (bicyclic) bond motifs is 1. The molecular weight excluding hydrogens is 236 g/mol. The van der Waals surface area contributed by atoms with Gasteiger partial charge in [0.1, 0.15) is 0 Å². The van der Waals surface area contributed by atoms with E-state index in [-0.39, 0.29) is 0 Å². The van der Waals surface area contributed by atoms with Gasteiger partial charge >= 0.3 is 11.3 Å². The van der Waals surface area contributed by atoms with E-state index in [2.05, 4.69) is 13.0 Å². The van der Waals surface area contributed by atoms with Crippen molar-refractivity contribution in [2.24, 2.45) is 0 Å². The smallest absolute Gasteiger partial charge is 0.402 e. The van der Waals surface area contributed by atoms with Crippen molar-refractivity contribution in [3.05, 3.63) is 60.2 Å². The van der Waals surface area contributed by atoms with Crippen molar-refractivity contribution < 1.29 is 9.15 Å². The molecule has 0 atom stereocenters. The van der Waals surface area contributed by atoms with Crippen LogP contribution in [0.1, 0.15) is 5.56 Å². The molecule has 19 heavy (non-hydrogen) atoms. The summed E-state index contributed by atoms with van der Waals surface area (Å²) in [5.74, 6) is 1.62. The normalized spacial score (nSPS) is 10.6. The van der Waals surface area contributed by atoms with Gasteiger partial charge in [0.15, 0.2) is 0 Å². The average molecular weight is 251 g/mol. The average Bonchev–Trinajstić information content (AvgIpc) is 2.47. The van der Waals surface area contributed by atoms with Crippen LogP contribution in [0.2, 0.25) is 0 Å². The monoisotopic (exact) mass is 251 g/mol. The zero-order valence-electron chi connectivity index (χ0n) is 11.0. The Bertz CT molecular complexity index is 718. The van der Waals surface area contributed by atoms with Gasteiger partial charge in [0.25, 0.3) is 0 Å². The van der Waals surface area contributed by atoms with Gasteiger partial charge in [0.05, 0.1) is 18.1 Å². The van der Waals surface area contributed by atoms with E-state index in [0.717, 1.165) is 28.0 Å². The van der Waals surface area contributed by atoms with E-state index in [1.165, 1.54) is 5.56 Å². The molecule has 1 heterocycles. The van der Waals surface area contributed by atoms with E-state index in [9.17, 15) is 0 Å². The van der Waals surface area contributed by atoms with E-state index in [0.29, 0.717) is 0 Å². The van der Waals surface area contributed by atoms with Gasteiger partial charge in [-0.25, -0.2) is 4.42 Å². The van der Waals surface area contributed by atoms with Gasteiger partial charge in [-0.1, -0.05) is 24.3 Å². The van der Waals surface area contributed by atoms with Gasteiger partial charge in [-0.15, -0.1) is 0 Å². The van der Waals surface area contributed by atoms with Gasteiger partial charge in [0.2, 0.25) is 5.75 Å². The van der Waals surface area contributed by atoms with Crippen molar-refractivity contribution in [1.82, 2.24) is 0 Å². The summed E-state index contributed by atoms with van der Waals surface area (Å²) in [5.41, 5.74) is 3.04. The molecule has 0 aliphatic heterocycles. The molecule has 0 saturated heterocycles. The minimum Gasteiger partial charge on any atom is -0.488 e. The third-order valence-corrected chi connectivity index (χ3v) is 3.24. The number of ether oxygens (including phenoxy) is 1. The summed E-state index contributed by atoms with van der Waals surface area (Å²) in [5, 5.41) is 1.08. The molecule has 0 spiro atoms. The first-order valence-electron chi connectivity index (χ1n) is 6.25. The van der Waals surface area contributed by atoms with Crippen molar-refractivity contribution in [1.29, 1.82) is 0 Å². The van der Waals surface area contributed by atoms with Gasteiger partial charge < -0.3 is 4.74 Å². The molecule has 0 aliphatic rings. The topological polar surface area (TPSA) is 20.5 Å². The van der Waals surface area contributed by atoms with Crippen molar-refractivity contribution in [2.75, 3.05) is 7.11 Å². The van der Waals surface area contributed by atoms with Gasteiger partial charge in [0, 0.05) is 6.07 Å². The number of hydrogen-bond acceptors (Lipinski definition) is 1. The Hall–Kier alpha value is -2.35. The number of hydrogen-bond donors (Lipinski definition) is 0. The number of methoxy groups -OCH3 is 1. The number of rotatable bonds is 2. The Morgan fingerprint density at radius 3 is 2.47 bits per heavy atom. The molecule has 0 aliphatic carbocycles. The quantitative estimate of drug-likeness (QED) is 0.615. The molecule has 94 valence electrons. The molecule has 0 saturated carbocycles. The molecule has 0 amide bonds. The first-order chi connectivity index (χ1) is 9.29. The lowest BCUT2D eigenvalue weighted by atomic mass is 10.1. The zero-order valence-corrected chi connectivity index (χ0v) is 11.0. The number of aryl methyl sites for hydroxylation is 1. The summed E-state index contributed by atoms with van der Waals surface area (Å²) in [6.45, 7) is 2.09. The molecule has 2 aromatic carbocycles. The fraction of sp³-hybridized carbons (Fsp3) is 0.118. The lowest BCUT2D eigenvalue weighted by molar-refractivity contribution is 0.410. The number of benzene rings is 2. The predicted octanol–water partition coefficient (Wildman–Crippen LogP) is 4.70. The van der Waals surface area contributed by atoms with Crippen LogP contribution in [-0.4, -0.2) is 7.11 Å². The molecule has 2 nitrogen and oxygen atoms in total. The van der Waals surface area contributed by atoms with Crippen molar-refractivity contribution in [2.45, 2.75) is 6.92 Å². The Balaban J connectivity index is 2.29. The van der Waals surface area contributed by atoms with Crippen LogP contribution < -0.4 is 4.74 Å².